The summed E-state index contributed by atoms with van der Waals surface area (Å²) in [6, 6.07) is -0.731. The van der Waals surface area contributed by atoms with Gasteiger partial charge in [-0.15, -0.1) is 0 Å². The van der Waals surface area contributed by atoms with Gasteiger partial charge in [-0.25, -0.2) is 0 Å². The maximum atomic E-state index is 12.3. The highest BCUT2D eigenvalue weighted by Gasteiger charge is 2.61. The van der Waals surface area contributed by atoms with Crippen molar-refractivity contribution in [1.29, 1.82) is 0 Å². The van der Waals surface area contributed by atoms with Gasteiger partial charge < -0.3 is 10.6 Å². The van der Waals surface area contributed by atoms with Crippen molar-refractivity contribution >= 4 is 5.91 Å². The van der Waals surface area contributed by atoms with Crippen LogP contribution >= 0.6 is 0 Å². The van der Waals surface area contributed by atoms with Crippen molar-refractivity contribution in [3.8, 4) is 0 Å². The maximum absolute atomic E-state index is 12.3. The molecule has 1 fully saturated rings. The third-order valence-electron chi connectivity index (χ3n) is 2.89. The summed E-state index contributed by atoms with van der Waals surface area (Å²) >= 11 is 0. The summed E-state index contributed by atoms with van der Waals surface area (Å²) in [6.07, 6.45) is -10.7. The van der Waals surface area contributed by atoms with Gasteiger partial charge in [0.15, 0.2) is 0 Å². The van der Waals surface area contributed by atoms with Crippen LogP contribution in [-0.2, 0) is 4.79 Å². The molecule has 1 rings (SSSR count). The molecule has 1 aliphatic heterocycles. The Hall–Kier alpha value is -0.990. The second-order valence-electron chi connectivity index (χ2n) is 4.60. The van der Waals surface area contributed by atoms with E-state index in [-0.39, 0.29) is 6.04 Å². The summed E-state index contributed by atoms with van der Waals surface area (Å²) in [4.78, 5) is 11.2. The van der Waals surface area contributed by atoms with E-state index in [1.807, 2.05) is 5.32 Å². The molecule has 112 valence electrons. The van der Waals surface area contributed by atoms with Gasteiger partial charge in [0.1, 0.15) is 0 Å². The lowest BCUT2D eigenvalue weighted by molar-refractivity contribution is -0.274. The van der Waals surface area contributed by atoms with Crippen molar-refractivity contribution in [3.05, 3.63) is 0 Å². The lowest BCUT2D eigenvalue weighted by Gasteiger charge is -2.30. The standard InChI is InChI=1S/C10H14F6N2O/c1-5-4-6(2-3-17-5)18-8(19)7(9(11,12)13)10(14,15)16/h5-7,17H,2-4H2,1H3,(H,18,19). The van der Waals surface area contributed by atoms with Crippen LogP contribution in [-0.4, -0.2) is 36.9 Å². The summed E-state index contributed by atoms with van der Waals surface area (Å²) in [5.41, 5.74) is 0. The molecule has 0 spiro atoms. The van der Waals surface area contributed by atoms with Crippen LogP contribution in [0.25, 0.3) is 0 Å². The van der Waals surface area contributed by atoms with Gasteiger partial charge in [-0.2, -0.15) is 26.3 Å². The molecule has 0 aromatic heterocycles. The normalized spacial score (nSPS) is 25.5. The summed E-state index contributed by atoms with van der Waals surface area (Å²) < 4.78 is 73.8. The zero-order chi connectivity index (χ0) is 14.8. The number of hydrogen-bond acceptors (Lipinski definition) is 2. The third-order valence-corrected chi connectivity index (χ3v) is 2.89. The van der Waals surface area contributed by atoms with Crippen LogP contribution in [0.2, 0.25) is 0 Å². The molecule has 0 bridgehead atoms. The summed E-state index contributed by atoms with van der Waals surface area (Å²) in [7, 11) is 0. The molecule has 0 aromatic carbocycles. The van der Waals surface area contributed by atoms with E-state index >= 15 is 0 Å². The van der Waals surface area contributed by atoms with Gasteiger partial charge >= 0.3 is 12.4 Å². The molecular weight excluding hydrogens is 278 g/mol. The number of piperidine rings is 1. The summed E-state index contributed by atoms with van der Waals surface area (Å²) in [5, 5.41) is 4.82. The molecule has 0 aromatic rings. The smallest absolute Gasteiger partial charge is 0.352 e. The van der Waals surface area contributed by atoms with Crippen LogP contribution in [0.15, 0.2) is 0 Å². The number of carbonyl (C=O) groups is 1. The molecule has 1 saturated heterocycles. The monoisotopic (exact) mass is 292 g/mol. The number of halogens is 6. The number of carbonyl (C=O) groups excluding carboxylic acids is 1. The number of alkyl halides is 6. The molecule has 2 N–H and O–H groups in total. The van der Waals surface area contributed by atoms with Crippen LogP contribution in [0.5, 0.6) is 0 Å². The van der Waals surface area contributed by atoms with Gasteiger partial charge in [0, 0.05) is 12.1 Å². The predicted octanol–water partition coefficient (Wildman–Crippen LogP) is 1.98. The minimum absolute atomic E-state index is 0.0609. The first-order chi connectivity index (χ1) is 8.51. The van der Waals surface area contributed by atoms with Crippen molar-refractivity contribution < 1.29 is 31.1 Å². The SMILES string of the molecule is CC1CC(NC(=O)C(C(F)(F)F)C(F)(F)F)CCN1. The number of nitrogens with one attached hydrogen (secondary N) is 2. The molecule has 0 radical (unpaired) electrons. The maximum Gasteiger partial charge on any atom is 0.409 e. The Bertz CT molecular complexity index is 313. The average Bonchev–Trinajstić information content (AvgIpc) is 2.11. The molecule has 2 atom stereocenters. The topological polar surface area (TPSA) is 41.1 Å². The Labute approximate surface area is 105 Å². The molecule has 2 unspecified atom stereocenters. The van der Waals surface area contributed by atoms with Crippen molar-refractivity contribution in [2.24, 2.45) is 5.92 Å². The molecule has 9 heteroatoms. The first-order valence-corrected chi connectivity index (χ1v) is 5.69. The van der Waals surface area contributed by atoms with Gasteiger partial charge in [0.2, 0.25) is 11.8 Å². The van der Waals surface area contributed by atoms with E-state index in [2.05, 4.69) is 5.32 Å². The second kappa shape index (κ2) is 5.56. The zero-order valence-electron chi connectivity index (χ0n) is 10.0. The summed E-state index contributed by atoms with van der Waals surface area (Å²) in [5.74, 6) is -6.00. The molecule has 1 amide bonds. The van der Waals surface area contributed by atoms with Crippen molar-refractivity contribution in [3.63, 3.8) is 0 Å². The fourth-order valence-corrected chi connectivity index (χ4v) is 2.03. The Morgan fingerprint density at radius 3 is 2.16 bits per heavy atom. The number of rotatable bonds is 2. The van der Waals surface area contributed by atoms with E-state index in [9.17, 15) is 31.1 Å². The van der Waals surface area contributed by atoms with E-state index in [1.165, 1.54) is 0 Å². The second-order valence-corrected chi connectivity index (χ2v) is 4.60. The van der Waals surface area contributed by atoms with Gasteiger partial charge in [0.25, 0.3) is 0 Å². The van der Waals surface area contributed by atoms with E-state index in [1.54, 1.807) is 6.92 Å². The van der Waals surface area contributed by atoms with Gasteiger partial charge in [0.05, 0.1) is 0 Å². The Balaban J connectivity index is 2.73. The van der Waals surface area contributed by atoms with Crippen LogP contribution in [0, 0.1) is 5.92 Å². The molecular formula is C10H14F6N2O. The lowest BCUT2D eigenvalue weighted by Crippen LogP contribution is -2.53. The Morgan fingerprint density at radius 2 is 1.74 bits per heavy atom. The van der Waals surface area contributed by atoms with Crippen LogP contribution in [0.1, 0.15) is 19.8 Å². The summed E-state index contributed by atoms with van der Waals surface area (Å²) in [6.45, 7) is 2.18. The Morgan fingerprint density at radius 1 is 1.21 bits per heavy atom. The quantitative estimate of drug-likeness (QED) is 0.764. The fourth-order valence-electron chi connectivity index (χ4n) is 2.03. The molecule has 0 saturated carbocycles. The molecule has 1 heterocycles. The first kappa shape index (κ1) is 16.1. The lowest BCUT2D eigenvalue weighted by atomic mass is 9.99. The number of amides is 1. The first-order valence-electron chi connectivity index (χ1n) is 5.69. The van der Waals surface area contributed by atoms with E-state index in [4.69, 9.17) is 0 Å². The van der Waals surface area contributed by atoms with Gasteiger partial charge in [-0.3, -0.25) is 4.79 Å². The van der Waals surface area contributed by atoms with Gasteiger partial charge in [-0.1, -0.05) is 0 Å². The minimum Gasteiger partial charge on any atom is -0.352 e. The van der Waals surface area contributed by atoms with Crippen LogP contribution in [0.4, 0.5) is 26.3 Å². The van der Waals surface area contributed by atoms with Gasteiger partial charge in [-0.05, 0) is 26.3 Å². The van der Waals surface area contributed by atoms with Crippen molar-refractivity contribution in [2.45, 2.75) is 44.2 Å². The largest absolute Gasteiger partial charge is 0.409 e. The Kier molecular flexibility index (Phi) is 4.70. The van der Waals surface area contributed by atoms with Crippen LogP contribution < -0.4 is 10.6 Å². The van der Waals surface area contributed by atoms with E-state index in [0.717, 1.165) is 0 Å². The molecule has 3 nitrogen and oxygen atoms in total. The van der Waals surface area contributed by atoms with Crippen LogP contribution in [0.3, 0.4) is 0 Å². The molecule has 1 aliphatic rings. The van der Waals surface area contributed by atoms with E-state index < -0.39 is 30.2 Å². The molecule has 19 heavy (non-hydrogen) atoms. The predicted molar refractivity (Wildman–Crippen MR) is 54.2 cm³/mol. The zero-order valence-corrected chi connectivity index (χ0v) is 10.0. The number of hydrogen-bond donors (Lipinski definition) is 2. The van der Waals surface area contributed by atoms with Crippen molar-refractivity contribution in [1.82, 2.24) is 10.6 Å². The third kappa shape index (κ3) is 4.55. The highest BCUT2D eigenvalue weighted by Crippen LogP contribution is 2.39. The highest BCUT2D eigenvalue weighted by molar-refractivity contribution is 5.80. The average molecular weight is 292 g/mol. The highest BCUT2D eigenvalue weighted by atomic mass is 19.4. The van der Waals surface area contributed by atoms with E-state index in [0.29, 0.717) is 19.4 Å². The van der Waals surface area contributed by atoms with Crippen molar-refractivity contribution in [2.75, 3.05) is 6.54 Å². The molecule has 0 aliphatic carbocycles. The minimum atomic E-state index is -5.64. The fraction of sp³-hybridized carbons (Fsp3) is 0.900.